The average molecular weight is 314 g/mol. The molecule has 0 heterocycles. The number of benzene rings is 1. The summed E-state index contributed by atoms with van der Waals surface area (Å²) in [4.78, 5) is 9.14. The quantitative estimate of drug-likeness (QED) is 0.668. The van der Waals surface area contributed by atoms with Gasteiger partial charge in [0.2, 0.25) is 10.0 Å². The number of nitrogens with zero attached hydrogens (tertiary/aromatic N) is 1. The van der Waals surface area contributed by atoms with Crippen LogP contribution < -0.4 is 9.88 Å². The highest BCUT2D eigenvalue weighted by molar-refractivity contribution is 7.89. The van der Waals surface area contributed by atoms with E-state index in [0.717, 1.165) is 6.07 Å². The number of sulfonamides is 1. The van der Waals surface area contributed by atoms with Gasteiger partial charge in [-0.2, -0.15) is 13.2 Å². The molecule has 0 unspecified atom stereocenters. The van der Waals surface area contributed by atoms with Gasteiger partial charge in [0, 0.05) is 6.07 Å². The van der Waals surface area contributed by atoms with Gasteiger partial charge < -0.3 is 4.74 Å². The SMILES string of the molecule is Cc1cc(OCC(F)(F)F)c([N+](=O)[O-])cc1S(N)(=O)=O. The minimum absolute atomic E-state index is 0.0599. The molecule has 0 aliphatic rings. The molecule has 2 N–H and O–H groups in total. The molecule has 7 nitrogen and oxygen atoms in total. The van der Waals surface area contributed by atoms with E-state index in [1.165, 1.54) is 6.92 Å². The highest BCUT2D eigenvalue weighted by Crippen LogP contribution is 2.33. The first-order valence-corrected chi connectivity index (χ1v) is 6.48. The molecule has 0 aliphatic carbocycles. The van der Waals surface area contributed by atoms with Crippen LogP contribution in [0, 0.1) is 17.0 Å². The Morgan fingerprint density at radius 3 is 2.35 bits per heavy atom. The monoisotopic (exact) mass is 314 g/mol. The van der Waals surface area contributed by atoms with Gasteiger partial charge in [0.05, 0.1) is 9.82 Å². The van der Waals surface area contributed by atoms with Gasteiger partial charge in [0.15, 0.2) is 12.4 Å². The Bertz CT molecular complexity index is 642. The molecular weight excluding hydrogens is 305 g/mol. The second kappa shape index (κ2) is 5.25. The number of hydrogen-bond acceptors (Lipinski definition) is 5. The van der Waals surface area contributed by atoms with Crippen LogP contribution in [0.2, 0.25) is 0 Å². The first-order chi connectivity index (χ1) is 8.92. The van der Waals surface area contributed by atoms with E-state index < -0.39 is 44.1 Å². The summed E-state index contributed by atoms with van der Waals surface area (Å²) in [5.41, 5.74) is -0.973. The van der Waals surface area contributed by atoms with Crippen LogP contribution in [0.4, 0.5) is 18.9 Å². The zero-order chi connectivity index (χ0) is 15.7. The zero-order valence-corrected chi connectivity index (χ0v) is 10.8. The summed E-state index contributed by atoms with van der Waals surface area (Å²) in [6.07, 6.45) is -4.68. The number of ether oxygens (including phenoxy) is 1. The van der Waals surface area contributed by atoms with Gasteiger partial charge in [-0.25, -0.2) is 13.6 Å². The molecular formula is C9H9F3N2O5S. The molecule has 0 spiro atoms. The minimum Gasteiger partial charge on any atom is -0.477 e. The average Bonchev–Trinajstić information content (AvgIpc) is 2.23. The molecule has 0 saturated carbocycles. The number of halogens is 3. The number of alkyl halides is 3. The third-order valence-electron chi connectivity index (χ3n) is 2.15. The molecule has 0 aromatic heterocycles. The first kappa shape index (κ1) is 16.2. The Balaban J connectivity index is 3.33. The van der Waals surface area contributed by atoms with E-state index in [2.05, 4.69) is 4.74 Å². The van der Waals surface area contributed by atoms with Crippen LogP contribution in [0.5, 0.6) is 5.75 Å². The highest BCUT2D eigenvalue weighted by atomic mass is 32.2. The minimum atomic E-state index is -4.68. The van der Waals surface area contributed by atoms with Crippen molar-refractivity contribution in [1.82, 2.24) is 0 Å². The van der Waals surface area contributed by atoms with Gasteiger partial charge in [0.1, 0.15) is 0 Å². The Hall–Kier alpha value is -1.88. The maximum Gasteiger partial charge on any atom is 0.422 e. The third kappa shape index (κ3) is 4.06. The lowest BCUT2D eigenvalue weighted by Crippen LogP contribution is -2.20. The van der Waals surface area contributed by atoms with Gasteiger partial charge in [-0.3, -0.25) is 10.1 Å². The number of nitro benzene ring substituents is 1. The fourth-order valence-corrected chi connectivity index (χ4v) is 2.16. The van der Waals surface area contributed by atoms with Crippen molar-refractivity contribution >= 4 is 15.7 Å². The van der Waals surface area contributed by atoms with Gasteiger partial charge in [-0.05, 0) is 18.6 Å². The Morgan fingerprint density at radius 2 is 1.95 bits per heavy atom. The Kier molecular flexibility index (Phi) is 4.24. The Labute approximate surface area is 111 Å². The molecule has 0 bridgehead atoms. The molecule has 0 atom stereocenters. The van der Waals surface area contributed by atoms with E-state index in [9.17, 15) is 31.7 Å². The predicted molar refractivity (Wildman–Crippen MR) is 60.8 cm³/mol. The van der Waals surface area contributed by atoms with Crippen LogP contribution in [0.3, 0.4) is 0 Å². The van der Waals surface area contributed by atoms with Crippen molar-refractivity contribution in [2.45, 2.75) is 18.0 Å². The normalized spacial score (nSPS) is 12.2. The summed E-state index contributed by atoms with van der Waals surface area (Å²) in [5, 5.41) is 15.6. The van der Waals surface area contributed by atoms with E-state index in [0.29, 0.717) is 6.07 Å². The molecule has 112 valence electrons. The van der Waals surface area contributed by atoms with Crippen molar-refractivity contribution < 1.29 is 31.2 Å². The lowest BCUT2D eigenvalue weighted by molar-refractivity contribution is -0.386. The second-order valence-corrected chi connectivity index (χ2v) is 5.32. The zero-order valence-electron chi connectivity index (χ0n) is 9.97. The standard InChI is InChI=1S/C9H9F3N2O5S/c1-5-2-7(19-4-9(10,11)12)6(14(15)16)3-8(5)20(13,17)18/h2-3H,4H2,1H3,(H2,13,17,18). The van der Waals surface area contributed by atoms with Crippen molar-refractivity contribution in [2.24, 2.45) is 5.14 Å². The maximum absolute atomic E-state index is 12.0. The van der Waals surface area contributed by atoms with Crippen LogP contribution in [0.15, 0.2) is 17.0 Å². The number of aryl methyl sites for hydroxylation is 1. The molecule has 1 rings (SSSR count). The smallest absolute Gasteiger partial charge is 0.422 e. The fraction of sp³-hybridized carbons (Fsp3) is 0.333. The van der Waals surface area contributed by atoms with Crippen LogP contribution in [-0.4, -0.2) is 26.1 Å². The molecule has 0 aliphatic heterocycles. The molecule has 1 aromatic rings. The molecule has 0 radical (unpaired) electrons. The van der Waals surface area contributed by atoms with Crippen LogP contribution >= 0.6 is 0 Å². The maximum atomic E-state index is 12.0. The van der Waals surface area contributed by atoms with Gasteiger partial charge in [0.25, 0.3) is 0 Å². The summed E-state index contributed by atoms with van der Waals surface area (Å²) < 4.78 is 62.8. The third-order valence-corrected chi connectivity index (χ3v) is 3.20. The van der Waals surface area contributed by atoms with Gasteiger partial charge in [-0.1, -0.05) is 0 Å². The van der Waals surface area contributed by atoms with Crippen LogP contribution in [0.1, 0.15) is 5.56 Å². The largest absolute Gasteiger partial charge is 0.477 e. The molecule has 11 heteroatoms. The van der Waals surface area contributed by atoms with E-state index in [-0.39, 0.29) is 5.56 Å². The summed E-state index contributed by atoms with van der Waals surface area (Å²) >= 11 is 0. The van der Waals surface area contributed by atoms with Crippen LogP contribution in [-0.2, 0) is 10.0 Å². The van der Waals surface area contributed by atoms with Crippen molar-refractivity contribution in [1.29, 1.82) is 0 Å². The lowest BCUT2D eigenvalue weighted by Gasteiger charge is -2.11. The number of hydrogen-bond donors (Lipinski definition) is 1. The van der Waals surface area contributed by atoms with Gasteiger partial charge >= 0.3 is 11.9 Å². The number of rotatable bonds is 4. The summed E-state index contributed by atoms with van der Waals surface area (Å²) in [5.74, 6) is -0.683. The number of nitro groups is 1. The predicted octanol–water partition coefficient (Wildman–Crippen LogP) is 1.49. The van der Waals surface area contributed by atoms with E-state index >= 15 is 0 Å². The topological polar surface area (TPSA) is 113 Å². The van der Waals surface area contributed by atoms with Crippen molar-refractivity contribution in [3.05, 3.63) is 27.8 Å². The molecule has 20 heavy (non-hydrogen) atoms. The van der Waals surface area contributed by atoms with E-state index in [1.54, 1.807) is 0 Å². The van der Waals surface area contributed by atoms with Crippen LogP contribution in [0.25, 0.3) is 0 Å². The summed E-state index contributed by atoms with van der Waals surface area (Å²) in [7, 11) is -4.23. The van der Waals surface area contributed by atoms with Gasteiger partial charge in [-0.15, -0.1) is 0 Å². The second-order valence-electron chi connectivity index (χ2n) is 3.79. The van der Waals surface area contributed by atoms with Crippen molar-refractivity contribution in [3.8, 4) is 5.75 Å². The molecule has 0 fully saturated rings. The van der Waals surface area contributed by atoms with Crippen molar-refractivity contribution in [3.63, 3.8) is 0 Å². The molecule has 0 saturated heterocycles. The summed E-state index contributed by atoms with van der Waals surface area (Å²) in [6, 6.07) is 1.39. The fourth-order valence-electron chi connectivity index (χ4n) is 1.38. The van der Waals surface area contributed by atoms with E-state index in [4.69, 9.17) is 5.14 Å². The van der Waals surface area contributed by atoms with Crippen molar-refractivity contribution in [2.75, 3.05) is 6.61 Å². The summed E-state index contributed by atoms with van der Waals surface area (Å²) in [6.45, 7) is -0.508. The Morgan fingerprint density at radius 1 is 1.40 bits per heavy atom. The first-order valence-electron chi connectivity index (χ1n) is 4.93. The lowest BCUT2D eigenvalue weighted by atomic mass is 10.2. The molecule has 1 aromatic carbocycles. The number of nitrogens with two attached hydrogens (primary N) is 1. The highest BCUT2D eigenvalue weighted by Gasteiger charge is 2.31. The molecule has 0 amide bonds. The van der Waals surface area contributed by atoms with E-state index in [1.807, 2.05) is 0 Å². The number of primary sulfonamides is 1.